The molecule has 29 heavy (non-hydrogen) atoms. The number of amides is 1. The molecule has 1 amide bonds. The lowest BCUT2D eigenvalue weighted by molar-refractivity contribution is 0.0949. The molecule has 1 N–H and O–H groups in total. The van der Waals surface area contributed by atoms with Crippen LogP contribution in [-0.2, 0) is 13.1 Å². The predicted molar refractivity (Wildman–Crippen MR) is 115 cm³/mol. The highest BCUT2D eigenvalue weighted by atomic mass is 32.1. The number of aryl methyl sites for hydroxylation is 2. The van der Waals surface area contributed by atoms with Gasteiger partial charge in [-0.2, -0.15) is 11.3 Å². The van der Waals surface area contributed by atoms with Crippen molar-refractivity contribution < 1.29 is 4.79 Å². The molecule has 0 fully saturated rings. The molecule has 0 aromatic carbocycles. The van der Waals surface area contributed by atoms with Crippen LogP contribution in [0.25, 0.3) is 22.2 Å². The number of nitrogens with one attached hydrogen (secondary N) is 1. The predicted octanol–water partition coefficient (Wildman–Crippen LogP) is 3.78. The van der Waals surface area contributed by atoms with Crippen molar-refractivity contribution >= 4 is 28.3 Å². The molecule has 4 aromatic heterocycles. The van der Waals surface area contributed by atoms with Gasteiger partial charge in [0.2, 0.25) is 5.43 Å². The summed E-state index contributed by atoms with van der Waals surface area (Å²) in [6.45, 7) is 4.74. The molecule has 4 heterocycles. The van der Waals surface area contributed by atoms with Gasteiger partial charge in [-0.25, -0.2) is 4.98 Å². The maximum absolute atomic E-state index is 12.8. The second-order valence-corrected chi connectivity index (χ2v) is 7.54. The Balaban J connectivity index is 1.60. The molecule has 0 saturated carbocycles. The van der Waals surface area contributed by atoms with Crippen molar-refractivity contribution in [3.05, 3.63) is 80.7 Å². The van der Waals surface area contributed by atoms with Gasteiger partial charge >= 0.3 is 0 Å². The van der Waals surface area contributed by atoms with Gasteiger partial charge < -0.3 is 9.88 Å². The summed E-state index contributed by atoms with van der Waals surface area (Å²) in [5, 5.41) is 7.36. The highest BCUT2D eigenvalue weighted by Gasteiger charge is 2.16. The van der Waals surface area contributed by atoms with Gasteiger partial charge in [-0.1, -0.05) is 0 Å². The van der Waals surface area contributed by atoms with E-state index in [0.717, 1.165) is 22.4 Å². The Kier molecular flexibility index (Phi) is 5.22. The third-order valence-corrected chi connectivity index (χ3v) is 5.43. The van der Waals surface area contributed by atoms with Crippen molar-refractivity contribution in [3.63, 3.8) is 0 Å². The van der Waals surface area contributed by atoms with Crippen molar-refractivity contribution in [2.24, 2.45) is 0 Å². The lowest BCUT2D eigenvalue weighted by Gasteiger charge is -2.12. The van der Waals surface area contributed by atoms with Crippen LogP contribution < -0.4 is 10.7 Å². The van der Waals surface area contributed by atoms with E-state index in [1.165, 1.54) is 0 Å². The van der Waals surface area contributed by atoms with Crippen molar-refractivity contribution in [2.75, 3.05) is 0 Å². The Hall–Kier alpha value is -3.32. The van der Waals surface area contributed by atoms with E-state index in [1.54, 1.807) is 42.1 Å². The van der Waals surface area contributed by atoms with Gasteiger partial charge in [-0.15, -0.1) is 0 Å². The number of nitrogens with zero attached hydrogens (tertiary/aromatic N) is 3. The molecular formula is C22H20N4O2S. The van der Waals surface area contributed by atoms with Gasteiger partial charge in [0.05, 0.1) is 5.39 Å². The molecule has 0 atom stereocenters. The highest BCUT2D eigenvalue weighted by molar-refractivity contribution is 7.08. The summed E-state index contributed by atoms with van der Waals surface area (Å²) in [6, 6.07) is 7.54. The van der Waals surface area contributed by atoms with Gasteiger partial charge in [-0.05, 0) is 60.0 Å². The fourth-order valence-corrected chi connectivity index (χ4v) is 3.88. The zero-order valence-corrected chi connectivity index (χ0v) is 17.0. The monoisotopic (exact) mass is 404 g/mol. The first-order valence-electron chi connectivity index (χ1n) is 9.32. The lowest BCUT2D eigenvalue weighted by atomic mass is 10.1. The van der Waals surface area contributed by atoms with Gasteiger partial charge in [-0.3, -0.25) is 14.6 Å². The first-order chi connectivity index (χ1) is 14.1. The van der Waals surface area contributed by atoms with E-state index in [4.69, 9.17) is 0 Å². The van der Waals surface area contributed by atoms with E-state index < -0.39 is 5.91 Å². The fraction of sp³-hybridized carbons (Fsp3) is 0.182. The fourth-order valence-electron chi connectivity index (χ4n) is 3.21. The van der Waals surface area contributed by atoms with Crippen molar-refractivity contribution in [1.82, 2.24) is 19.9 Å². The summed E-state index contributed by atoms with van der Waals surface area (Å²) in [7, 11) is 0. The Morgan fingerprint density at radius 2 is 2.07 bits per heavy atom. The zero-order chi connectivity index (χ0) is 20.4. The van der Waals surface area contributed by atoms with Gasteiger partial charge in [0.25, 0.3) is 5.91 Å². The van der Waals surface area contributed by atoms with E-state index in [9.17, 15) is 9.59 Å². The molecule has 4 aromatic rings. The number of fused-ring (bicyclic) bond motifs is 1. The van der Waals surface area contributed by atoms with Crippen molar-refractivity contribution in [1.29, 1.82) is 0 Å². The number of pyridine rings is 3. The molecule has 0 unspecified atom stereocenters. The molecule has 0 aliphatic heterocycles. The molecule has 0 aliphatic rings. The summed E-state index contributed by atoms with van der Waals surface area (Å²) in [4.78, 5) is 34.3. The van der Waals surface area contributed by atoms with Crippen LogP contribution in [0.5, 0.6) is 0 Å². The maximum Gasteiger partial charge on any atom is 0.257 e. The average Bonchev–Trinajstić information content (AvgIpc) is 3.27. The van der Waals surface area contributed by atoms with Crippen LogP contribution >= 0.6 is 11.3 Å². The molecule has 0 saturated heterocycles. The van der Waals surface area contributed by atoms with E-state index in [-0.39, 0.29) is 11.0 Å². The third kappa shape index (κ3) is 3.82. The molecule has 146 valence electrons. The Labute approximate surface area is 171 Å². The van der Waals surface area contributed by atoms with Crippen LogP contribution in [0.3, 0.4) is 0 Å². The normalized spacial score (nSPS) is 11.0. The minimum Gasteiger partial charge on any atom is -0.348 e. The number of carbonyl (C=O) groups is 1. The SMILES string of the molecule is CCn1cc(C(=O)NCc2cncc(-c3ccsc3)c2)c(=O)c2ccc(C)nc21. The summed E-state index contributed by atoms with van der Waals surface area (Å²) < 4.78 is 1.83. The van der Waals surface area contributed by atoms with Crippen molar-refractivity contribution in [3.8, 4) is 11.1 Å². The summed E-state index contributed by atoms with van der Waals surface area (Å²) in [6.07, 6.45) is 5.10. The van der Waals surface area contributed by atoms with Crippen LogP contribution in [0.4, 0.5) is 0 Å². The first kappa shape index (κ1) is 19.0. The minimum absolute atomic E-state index is 0.118. The molecule has 0 aliphatic carbocycles. The van der Waals surface area contributed by atoms with Gasteiger partial charge in [0.1, 0.15) is 11.2 Å². The summed E-state index contributed by atoms with van der Waals surface area (Å²) >= 11 is 1.62. The first-order valence-corrected chi connectivity index (χ1v) is 10.3. The van der Waals surface area contributed by atoms with Gasteiger partial charge in [0.15, 0.2) is 0 Å². The minimum atomic E-state index is -0.402. The lowest BCUT2D eigenvalue weighted by Crippen LogP contribution is -2.29. The zero-order valence-electron chi connectivity index (χ0n) is 16.2. The molecule has 0 radical (unpaired) electrons. The topological polar surface area (TPSA) is 76.9 Å². The molecular weight excluding hydrogens is 384 g/mol. The number of thiophene rings is 1. The van der Waals surface area contributed by atoms with Crippen LogP contribution in [0, 0.1) is 6.92 Å². The van der Waals surface area contributed by atoms with Crippen molar-refractivity contribution in [2.45, 2.75) is 26.9 Å². The van der Waals surface area contributed by atoms with Crippen LogP contribution in [0.1, 0.15) is 28.5 Å². The molecule has 0 bridgehead atoms. The quantitative estimate of drug-likeness (QED) is 0.549. The number of carbonyl (C=O) groups excluding carboxylic acids is 1. The summed E-state index contributed by atoms with van der Waals surface area (Å²) in [5.41, 5.74) is 4.20. The Morgan fingerprint density at radius 1 is 1.21 bits per heavy atom. The smallest absolute Gasteiger partial charge is 0.257 e. The Morgan fingerprint density at radius 3 is 2.83 bits per heavy atom. The standard InChI is InChI=1S/C22H20N4O2S/c1-3-26-12-19(20(27)18-5-4-14(2)25-21(18)26)22(28)24-10-15-8-17(11-23-9-15)16-6-7-29-13-16/h4-9,11-13H,3,10H2,1-2H3,(H,24,28). The second-order valence-electron chi connectivity index (χ2n) is 6.76. The summed E-state index contributed by atoms with van der Waals surface area (Å²) in [5.74, 6) is -0.402. The number of hydrogen-bond donors (Lipinski definition) is 1. The van der Waals surface area contributed by atoms with E-state index in [2.05, 4.69) is 20.7 Å². The third-order valence-electron chi connectivity index (χ3n) is 4.75. The average molecular weight is 404 g/mol. The van der Waals surface area contributed by atoms with Crippen LogP contribution in [0.15, 0.2) is 58.4 Å². The molecule has 4 rings (SSSR count). The second kappa shape index (κ2) is 7.97. The van der Waals surface area contributed by atoms with Crippen LogP contribution in [0.2, 0.25) is 0 Å². The van der Waals surface area contributed by atoms with Crippen LogP contribution in [-0.4, -0.2) is 20.4 Å². The van der Waals surface area contributed by atoms with E-state index >= 15 is 0 Å². The number of aromatic nitrogens is 3. The molecule has 0 spiro atoms. The largest absolute Gasteiger partial charge is 0.348 e. The molecule has 6 nitrogen and oxygen atoms in total. The van der Waals surface area contributed by atoms with Gasteiger partial charge in [0, 0.05) is 42.9 Å². The van der Waals surface area contributed by atoms with E-state index in [1.807, 2.05) is 35.9 Å². The highest BCUT2D eigenvalue weighted by Crippen LogP contribution is 2.22. The number of hydrogen-bond acceptors (Lipinski definition) is 5. The Bertz CT molecular complexity index is 1250. The molecule has 7 heteroatoms. The van der Waals surface area contributed by atoms with E-state index in [0.29, 0.717) is 24.1 Å². The maximum atomic E-state index is 12.8. The number of rotatable bonds is 5.